The molecule has 0 radical (unpaired) electrons. The van der Waals surface area contributed by atoms with E-state index in [4.69, 9.17) is 5.73 Å². The van der Waals surface area contributed by atoms with Gasteiger partial charge in [-0.15, -0.1) is 11.3 Å². The topological polar surface area (TPSA) is 68.0 Å². The van der Waals surface area contributed by atoms with Gasteiger partial charge in [-0.05, 0) is 18.4 Å². The predicted octanol–water partition coefficient (Wildman–Crippen LogP) is 3.18. The number of carbonyl (C=O) groups excluding carboxylic acids is 1. The molecule has 4 nitrogen and oxygen atoms in total. The molecule has 1 amide bonds. The zero-order chi connectivity index (χ0) is 14.7. The van der Waals surface area contributed by atoms with Gasteiger partial charge in [-0.2, -0.15) is 0 Å². The first-order valence-electron chi connectivity index (χ1n) is 7.31. The van der Waals surface area contributed by atoms with Crippen LogP contribution in [-0.4, -0.2) is 16.9 Å². The summed E-state index contributed by atoms with van der Waals surface area (Å²) in [6, 6.07) is 10.6. The number of amides is 1. The number of benzene rings is 1. The molecule has 1 aliphatic rings. The Hall–Kier alpha value is -1.88. The first-order valence-corrected chi connectivity index (χ1v) is 8.19. The Bertz CT molecular complexity index is 611. The third-order valence-corrected chi connectivity index (χ3v) is 4.74. The number of thiazole rings is 1. The SMILES string of the molecule is Nc1nc(C(=O)NC2CCCCC2c2ccccc2)cs1. The summed E-state index contributed by atoms with van der Waals surface area (Å²) in [7, 11) is 0. The van der Waals surface area contributed by atoms with Gasteiger partial charge in [0.2, 0.25) is 0 Å². The van der Waals surface area contributed by atoms with Crippen molar-refractivity contribution in [2.75, 3.05) is 5.73 Å². The molecule has 1 heterocycles. The normalized spacial score (nSPS) is 21.9. The van der Waals surface area contributed by atoms with E-state index in [9.17, 15) is 4.79 Å². The van der Waals surface area contributed by atoms with Crippen LogP contribution in [0.5, 0.6) is 0 Å². The van der Waals surface area contributed by atoms with Gasteiger partial charge in [0.15, 0.2) is 5.13 Å². The van der Waals surface area contributed by atoms with E-state index in [-0.39, 0.29) is 11.9 Å². The molecule has 21 heavy (non-hydrogen) atoms. The quantitative estimate of drug-likeness (QED) is 0.915. The minimum atomic E-state index is -0.115. The maximum atomic E-state index is 12.3. The molecule has 110 valence electrons. The van der Waals surface area contributed by atoms with Crippen molar-refractivity contribution in [1.82, 2.24) is 10.3 Å². The summed E-state index contributed by atoms with van der Waals surface area (Å²) >= 11 is 1.30. The van der Waals surface area contributed by atoms with Gasteiger partial charge in [0, 0.05) is 17.3 Å². The van der Waals surface area contributed by atoms with Crippen molar-refractivity contribution in [3.05, 3.63) is 47.0 Å². The van der Waals surface area contributed by atoms with Crippen LogP contribution < -0.4 is 11.1 Å². The Kier molecular flexibility index (Phi) is 4.20. The van der Waals surface area contributed by atoms with Gasteiger partial charge in [0.1, 0.15) is 5.69 Å². The number of carbonyl (C=O) groups is 1. The van der Waals surface area contributed by atoms with E-state index in [1.807, 2.05) is 6.07 Å². The second-order valence-corrected chi connectivity index (χ2v) is 6.34. The first kappa shape index (κ1) is 14.1. The van der Waals surface area contributed by atoms with Crippen molar-refractivity contribution in [3.8, 4) is 0 Å². The first-order chi connectivity index (χ1) is 10.2. The molecule has 1 saturated carbocycles. The zero-order valence-electron chi connectivity index (χ0n) is 11.8. The molecule has 2 atom stereocenters. The number of nitrogen functional groups attached to an aromatic ring is 1. The number of hydrogen-bond acceptors (Lipinski definition) is 4. The van der Waals surface area contributed by atoms with E-state index in [1.165, 1.54) is 23.3 Å². The second kappa shape index (κ2) is 6.26. The molecule has 0 aliphatic heterocycles. The summed E-state index contributed by atoms with van der Waals surface area (Å²) in [5, 5.41) is 5.29. The molecule has 0 bridgehead atoms. The molecular weight excluding hydrogens is 282 g/mol. The van der Waals surface area contributed by atoms with Crippen LogP contribution in [0.1, 0.15) is 47.7 Å². The van der Waals surface area contributed by atoms with Crippen LogP contribution in [0.3, 0.4) is 0 Å². The van der Waals surface area contributed by atoms with Gasteiger partial charge in [0.05, 0.1) is 0 Å². The van der Waals surface area contributed by atoms with Crippen molar-refractivity contribution in [2.45, 2.75) is 37.6 Å². The van der Waals surface area contributed by atoms with Crippen molar-refractivity contribution in [2.24, 2.45) is 0 Å². The Morgan fingerprint density at radius 3 is 2.71 bits per heavy atom. The Balaban J connectivity index is 1.74. The second-order valence-electron chi connectivity index (χ2n) is 5.45. The van der Waals surface area contributed by atoms with Crippen LogP contribution in [0.25, 0.3) is 0 Å². The van der Waals surface area contributed by atoms with Crippen LogP contribution in [0.4, 0.5) is 5.13 Å². The Morgan fingerprint density at radius 1 is 1.24 bits per heavy atom. The number of hydrogen-bond donors (Lipinski definition) is 2. The monoisotopic (exact) mass is 301 g/mol. The maximum absolute atomic E-state index is 12.3. The Labute approximate surface area is 128 Å². The Morgan fingerprint density at radius 2 is 2.00 bits per heavy atom. The summed E-state index contributed by atoms with van der Waals surface area (Å²) in [5.74, 6) is 0.274. The van der Waals surface area contributed by atoms with E-state index < -0.39 is 0 Å². The lowest BCUT2D eigenvalue weighted by atomic mass is 9.80. The fraction of sp³-hybridized carbons (Fsp3) is 0.375. The van der Waals surface area contributed by atoms with Gasteiger partial charge < -0.3 is 11.1 Å². The van der Waals surface area contributed by atoms with Crippen molar-refractivity contribution in [3.63, 3.8) is 0 Å². The highest BCUT2D eigenvalue weighted by molar-refractivity contribution is 7.13. The van der Waals surface area contributed by atoms with E-state index in [0.717, 1.165) is 19.3 Å². The zero-order valence-corrected chi connectivity index (χ0v) is 12.6. The highest BCUT2D eigenvalue weighted by atomic mass is 32.1. The number of nitrogens with two attached hydrogens (primary N) is 1. The number of nitrogens with one attached hydrogen (secondary N) is 1. The summed E-state index contributed by atoms with van der Waals surface area (Å²) < 4.78 is 0. The number of rotatable bonds is 3. The van der Waals surface area contributed by atoms with Crippen molar-refractivity contribution < 1.29 is 4.79 Å². The van der Waals surface area contributed by atoms with E-state index >= 15 is 0 Å². The van der Waals surface area contributed by atoms with Crippen LogP contribution in [0.2, 0.25) is 0 Å². The van der Waals surface area contributed by atoms with Crippen LogP contribution in [-0.2, 0) is 0 Å². The third kappa shape index (κ3) is 3.24. The average Bonchev–Trinajstić information content (AvgIpc) is 2.95. The molecule has 3 rings (SSSR count). The molecule has 1 aromatic heterocycles. The van der Waals surface area contributed by atoms with Crippen LogP contribution in [0.15, 0.2) is 35.7 Å². The van der Waals surface area contributed by atoms with Gasteiger partial charge in [-0.3, -0.25) is 4.79 Å². The summed E-state index contributed by atoms with van der Waals surface area (Å²) in [6.45, 7) is 0. The predicted molar refractivity (Wildman–Crippen MR) is 85.4 cm³/mol. The molecule has 1 aromatic carbocycles. The summed E-state index contributed by atoms with van der Waals surface area (Å²) in [4.78, 5) is 16.3. The number of aromatic nitrogens is 1. The van der Waals surface area contributed by atoms with Gasteiger partial charge in [-0.25, -0.2) is 4.98 Å². The molecule has 1 aliphatic carbocycles. The fourth-order valence-corrected chi connectivity index (χ4v) is 3.58. The van der Waals surface area contributed by atoms with E-state index in [2.05, 4.69) is 34.6 Å². The van der Waals surface area contributed by atoms with Crippen molar-refractivity contribution >= 4 is 22.4 Å². The van der Waals surface area contributed by atoms with Crippen LogP contribution in [0, 0.1) is 0 Å². The van der Waals surface area contributed by atoms with Gasteiger partial charge >= 0.3 is 0 Å². The molecule has 2 aromatic rings. The molecule has 0 spiro atoms. The minimum Gasteiger partial charge on any atom is -0.375 e. The lowest BCUT2D eigenvalue weighted by molar-refractivity contribution is 0.0916. The lowest BCUT2D eigenvalue weighted by Crippen LogP contribution is -2.41. The number of nitrogens with zero attached hydrogens (tertiary/aromatic N) is 1. The highest BCUT2D eigenvalue weighted by Crippen LogP contribution is 2.33. The van der Waals surface area contributed by atoms with Gasteiger partial charge in [-0.1, -0.05) is 43.2 Å². The lowest BCUT2D eigenvalue weighted by Gasteiger charge is -2.32. The maximum Gasteiger partial charge on any atom is 0.271 e. The molecule has 2 unspecified atom stereocenters. The van der Waals surface area contributed by atoms with Crippen LogP contribution >= 0.6 is 11.3 Å². The molecule has 0 saturated heterocycles. The highest BCUT2D eigenvalue weighted by Gasteiger charge is 2.28. The van der Waals surface area contributed by atoms with Gasteiger partial charge in [0.25, 0.3) is 5.91 Å². The smallest absolute Gasteiger partial charge is 0.271 e. The third-order valence-electron chi connectivity index (χ3n) is 4.06. The molecular formula is C16H19N3OS. The van der Waals surface area contributed by atoms with E-state index in [0.29, 0.717) is 16.7 Å². The standard InChI is InChI=1S/C16H19N3OS/c17-16-19-14(10-21-16)15(20)18-13-9-5-4-8-12(13)11-6-2-1-3-7-11/h1-3,6-7,10,12-13H,4-5,8-9H2,(H2,17,19)(H,18,20). The summed E-state index contributed by atoms with van der Waals surface area (Å²) in [5.41, 5.74) is 7.33. The molecule has 3 N–H and O–H groups in total. The van der Waals surface area contributed by atoms with Crippen molar-refractivity contribution in [1.29, 1.82) is 0 Å². The largest absolute Gasteiger partial charge is 0.375 e. The fourth-order valence-electron chi connectivity index (χ4n) is 3.04. The molecule has 1 fully saturated rings. The number of anilines is 1. The minimum absolute atomic E-state index is 0.115. The summed E-state index contributed by atoms with van der Waals surface area (Å²) in [6.07, 6.45) is 4.52. The van der Waals surface area contributed by atoms with E-state index in [1.54, 1.807) is 5.38 Å². The molecule has 5 heteroatoms. The average molecular weight is 301 g/mol.